The second-order valence-corrected chi connectivity index (χ2v) is 11.6. The topological polar surface area (TPSA) is 113 Å². The lowest BCUT2D eigenvalue weighted by molar-refractivity contribution is -0.125. The Balaban J connectivity index is 1.76. The Bertz CT molecular complexity index is 1140. The molecule has 1 saturated carbocycles. The van der Waals surface area contributed by atoms with Crippen molar-refractivity contribution in [2.45, 2.75) is 63.1 Å². The largest absolute Gasteiger partial charge is 0.390 e. The second kappa shape index (κ2) is 11.0. The molecule has 1 aliphatic rings. The van der Waals surface area contributed by atoms with E-state index >= 15 is 0 Å². The highest BCUT2D eigenvalue weighted by atomic mass is 32.2. The number of hydrogen-bond acceptors (Lipinski definition) is 5. The quantitative estimate of drug-likeness (QED) is 0.436. The number of Topliss-reactive ketones (excluding diaryl/α,β-unsaturated/α-hetero) is 1. The fraction of sp³-hybridized carbons (Fsp3) is 0.462. The van der Waals surface area contributed by atoms with Crippen molar-refractivity contribution >= 4 is 21.7 Å². The van der Waals surface area contributed by atoms with Gasteiger partial charge >= 0.3 is 0 Å². The summed E-state index contributed by atoms with van der Waals surface area (Å²) in [5.41, 5.74) is 0.820. The summed E-state index contributed by atoms with van der Waals surface area (Å²) < 4.78 is 41.4. The summed E-state index contributed by atoms with van der Waals surface area (Å²) in [7, 11) is -4.09. The maximum atomic E-state index is 13.2. The van der Waals surface area contributed by atoms with Gasteiger partial charge in [0.05, 0.1) is 28.9 Å². The molecule has 2 aromatic carbocycles. The summed E-state index contributed by atoms with van der Waals surface area (Å²) in [6.45, 7) is 7.35. The number of aliphatic hydroxyl groups excluding tert-OH is 1. The number of aliphatic hydroxyl groups is 1. The first kappa shape index (κ1) is 27.0. The van der Waals surface area contributed by atoms with Gasteiger partial charge in [-0.15, -0.1) is 0 Å². The predicted molar refractivity (Wildman–Crippen MR) is 130 cm³/mol. The zero-order chi connectivity index (χ0) is 25.9. The summed E-state index contributed by atoms with van der Waals surface area (Å²) in [5.74, 6) is -2.54. The van der Waals surface area contributed by atoms with E-state index < -0.39 is 51.8 Å². The first-order chi connectivity index (χ1) is 16.4. The summed E-state index contributed by atoms with van der Waals surface area (Å²) in [6.07, 6.45) is -0.910. The fourth-order valence-corrected chi connectivity index (χ4v) is 5.55. The van der Waals surface area contributed by atoms with Crippen LogP contribution in [0, 0.1) is 23.6 Å². The van der Waals surface area contributed by atoms with Crippen molar-refractivity contribution in [3.8, 4) is 0 Å². The first-order valence-corrected chi connectivity index (χ1v) is 13.3. The third-order valence-electron chi connectivity index (χ3n) is 6.25. The lowest BCUT2D eigenvalue weighted by atomic mass is 9.92. The minimum Gasteiger partial charge on any atom is -0.390 e. The van der Waals surface area contributed by atoms with Gasteiger partial charge in [0.25, 0.3) is 0 Å². The van der Waals surface area contributed by atoms with Gasteiger partial charge in [-0.05, 0) is 48.1 Å². The lowest BCUT2D eigenvalue weighted by Crippen LogP contribution is -2.55. The fourth-order valence-electron chi connectivity index (χ4n) is 4.34. The smallest absolute Gasteiger partial charge is 0.241 e. The maximum Gasteiger partial charge on any atom is 0.241 e. The Hall–Kier alpha value is -2.62. The van der Waals surface area contributed by atoms with Crippen molar-refractivity contribution in [1.29, 1.82) is 0 Å². The van der Waals surface area contributed by atoms with Gasteiger partial charge in [-0.25, -0.2) is 12.8 Å². The van der Waals surface area contributed by atoms with Crippen LogP contribution in [-0.4, -0.2) is 43.4 Å². The van der Waals surface area contributed by atoms with E-state index in [9.17, 15) is 27.5 Å². The molecular formula is C26H33FN2O5S. The van der Waals surface area contributed by atoms with Crippen molar-refractivity contribution in [3.05, 3.63) is 66.0 Å². The molecule has 1 amide bonds. The molecule has 0 bridgehead atoms. The molecule has 0 aromatic heterocycles. The van der Waals surface area contributed by atoms with Crippen LogP contribution in [-0.2, 0) is 19.6 Å². The zero-order valence-electron chi connectivity index (χ0n) is 20.3. The Labute approximate surface area is 206 Å². The number of hydrogen-bond donors (Lipinski definition) is 3. The molecule has 0 heterocycles. The normalized spacial score (nSPS) is 20.5. The monoisotopic (exact) mass is 504 g/mol. The van der Waals surface area contributed by atoms with Crippen LogP contribution < -0.4 is 10.0 Å². The van der Waals surface area contributed by atoms with E-state index in [1.807, 2.05) is 58.0 Å². The van der Waals surface area contributed by atoms with E-state index in [4.69, 9.17) is 0 Å². The Morgan fingerprint density at radius 3 is 2.17 bits per heavy atom. The molecule has 0 saturated heterocycles. The number of sulfonamides is 1. The molecule has 1 aliphatic carbocycles. The van der Waals surface area contributed by atoms with Gasteiger partial charge in [0.15, 0.2) is 0 Å². The van der Waals surface area contributed by atoms with Crippen LogP contribution in [0.1, 0.15) is 45.6 Å². The third-order valence-corrected chi connectivity index (χ3v) is 7.74. The molecule has 9 heteroatoms. The first-order valence-electron chi connectivity index (χ1n) is 11.8. The Morgan fingerprint density at radius 1 is 1.03 bits per heavy atom. The number of carbonyl (C=O) groups excluding carboxylic acids is 2. The van der Waals surface area contributed by atoms with Crippen LogP contribution in [0.2, 0.25) is 0 Å². The van der Waals surface area contributed by atoms with E-state index in [1.165, 1.54) is 0 Å². The van der Waals surface area contributed by atoms with Gasteiger partial charge in [0.2, 0.25) is 15.9 Å². The van der Waals surface area contributed by atoms with Gasteiger partial charge in [-0.2, -0.15) is 4.72 Å². The van der Waals surface area contributed by atoms with Crippen molar-refractivity contribution < 1.29 is 27.5 Å². The lowest BCUT2D eigenvalue weighted by Gasteiger charge is -2.30. The van der Waals surface area contributed by atoms with E-state index in [0.717, 1.165) is 29.8 Å². The van der Waals surface area contributed by atoms with Gasteiger partial charge in [0.1, 0.15) is 17.6 Å². The molecule has 5 atom stereocenters. The summed E-state index contributed by atoms with van der Waals surface area (Å²) in [6, 6.07) is 11.6. The Kier molecular flexibility index (Phi) is 8.46. The molecule has 3 rings (SSSR count). The SMILES string of the molecule is CC(C)C[C@H](NS(=O)(=O)c1ccc(F)cc1)C(=O)N[C@@H](C(C)C)[C@@H](O)C1C(=O)C1c1ccccc1. The molecule has 0 aliphatic heterocycles. The highest BCUT2D eigenvalue weighted by Crippen LogP contribution is 2.46. The van der Waals surface area contributed by atoms with E-state index in [0.29, 0.717) is 0 Å². The van der Waals surface area contributed by atoms with Crippen LogP contribution in [0.3, 0.4) is 0 Å². The van der Waals surface area contributed by atoms with Crippen LogP contribution in [0.15, 0.2) is 59.5 Å². The minimum absolute atomic E-state index is 0.0171. The van der Waals surface area contributed by atoms with Crippen molar-refractivity contribution in [2.24, 2.45) is 17.8 Å². The van der Waals surface area contributed by atoms with Gasteiger partial charge < -0.3 is 10.4 Å². The summed E-state index contributed by atoms with van der Waals surface area (Å²) >= 11 is 0. The predicted octanol–water partition coefficient (Wildman–Crippen LogP) is 3.00. The van der Waals surface area contributed by atoms with Crippen molar-refractivity contribution in [3.63, 3.8) is 0 Å². The van der Waals surface area contributed by atoms with E-state index in [1.54, 1.807) is 0 Å². The number of halogens is 1. The molecule has 0 radical (unpaired) electrons. The molecule has 0 spiro atoms. The average Bonchev–Trinajstić information content (AvgIpc) is 3.47. The molecule has 1 fully saturated rings. The van der Waals surface area contributed by atoms with Gasteiger partial charge in [-0.1, -0.05) is 58.0 Å². The van der Waals surface area contributed by atoms with Crippen LogP contribution >= 0.6 is 0 Å². The second-order valence-electron chi connectivity index (χ2n) is 9.84. The number of benzene rings is 2. The third kappa shape index (κ3) is 6.54. The number of rotatable bonds is 11. The van der Waals surface area contributed by atoms with Crippen LogP contribution in [0.25, 0.3) is 0 Å². The molecule has 7 nitrogen and oxygen atoms in total. The van der Waals surface area contributed by atoms with E-state index in [-0.39, 0.29) is 28.9 Å². The van der Waals surface area contributed by atoms with E-state index in [2.05, 4.69) is 10.0 Å². The van der Waals surface area contributed by atoms with Crippen molar-refractivity contribution in [1.82, 2.24) is 10.0 Å². The zero-order valence-corrected chi connectivity index (χ0v) is 21.1. The number of nitrogens with one attached hydrogen (secondary N) is 2. The maximum absolute atomic E-state index is 13.2. The summed E-state index contributed by atoms with van der Waals surface area (Å²) in [5, 5.41) is 13.9. The van der Waals surface area contributed by atoms with Crippen LogP contribution in [0.5, 0.6) is 0 Å². The average molecular weight is 505 g/mol. The molecule has 190 valence electrons. The number of carbonyl (C=O) groups is 2. The van der Waals surface area contributed by atoms with Crippen LogP contribution in [0.4, 0.5) is 4.39 Å². The highest BCUT2D eigenvalue weighted by Gasteiger charge is 2.56. The van der Waals surface area contributed by atoms with Gasteiger partial charge in [0, 0.05) is 0 Å². The van der Waals surface area contributed by atoms with Crippen molar-refractivity contribution in [2.75, 3.05) is 0 Å². The molecule has 2 unspecified atom stereocenters. The standard InChI is InChI=1S/C26H33FN2O5S/c1-15(2)14-20(29-35(33,34)19-12-10-18(27)11-13-19)26(32)28-23(16(3)4)25(31)22-21(24(22)30)17-8-6-5-7-9-17/h5-13,15-16,20-23,25,29,31H,14H2,1-4H3,(H,28,32)/t20-,21?,22?,23-,25-/m0/s1. The van der Waals surface area contributed by atoms with Gasteiger partial charge in [-0.3, -0.25) is 9.59 Å². The Morgan fingerprint density at radius 2 is 1.63 bits per heavy atom. The summed E-state index contributed by atoms with van der Waals surface area (Å²) in [4.78, 5) is 25.6. The number of ketones is 1. The molecule has 35 heavy (non-hydrogen) atoms. The minimum atomic E-state index is -4.09. The number of amides is 1. The molecule has 3 N–H and O–H groups in total. The molecule has 2 aromatic rings. The highest BCUT2D eigenvalue weighted by molar-refractivity contribution is 7.89. The molecular weight excluding hydrogens is 471 g/mol.